The Morgan fingerprint density at radius 1 is 0.824 bits per heavy atom. The van der Waals surface area contributed by atoms with Gasteiger partial charge in [-0.15, -0.1) is 0 Å². The van der Waals surface area contributed by atoms with Crippen LogP contribution in [0.5, 0.6) is 0 Å². The van der Waals surface area contributed by atoms with E-state index in [4.69, 9.17) is 4.42 Å². The second-order valence-electron chi connectivity index (χ2n) is 7.92. The van der Waals surface area contributed by atoms with Gasteiger partial charge in [0.2, 0.25) is 0 Å². The highest BCUT2D eigenvalue weighted by Gasteiger charge is 2.20. The number of fused-ring (bicyclic) bond motifs is 1. The second kappa shape index (κ2) is 9.03. The molecule has 0 bridgehead atoms. The zero-order valence-electron chi connectivity index (χ0n) is 18.8. The third-order valence-corrected chi connectivity index (χ3v) is 6.87. The fourth-order valence-electron chi connectivity index (χ4n) is 3.56. The Morgan fingerprint density at radius 2 is 1.56 bits per heavy atom. The predicted molar refractivity (Wildman–Crippen MR) is 129 cm³/mol. The highest BCUT2D eigenvalue weighted by molar-refractivity contribution is 7.92. The summed E-state index contributed by atoms with van der Waals surface area (Å²) < 4.78 is 33.8. The van der Waals surface area contributed by atoms with Crippen molar-refractivity contribution in [2.45, 2.75) is 25.7 Å². The first-order valence-corrected chi connectivity index (χ1v) is 11.9. The number of benzene rings is 3. The van der Waals surface area contributed by atoms with Crippen molar-refractivity contribution in [3.05, 3.63) is 94.7 Å². The van der Waals surface area contributed by atoms with E-state index in [1.54, 1.807) is 44.2 Å². The molecular weight excluding hydrogens is 454 g/mol. The lowest BCUT2D eigenvalue weighted by atomic mass is 10.1. The maximum Gasteiger partial charge on any atom is 0.305 e. The standard InChI is InChI=1S/C25H23N3O5S/c1-15-11-12-16(2)22(13-15)34(31,32)28-19-8-6-7-18(14-19)24(29)26-27-25(30)23-17(3)20-9-4-5-10-21(20)33-23/h4-14,28H,1-3H3,(H,26,29)(H,27,30). The molecule has 174 valence electrons. The van der Waals surface area contributed by atoms with Crippen LogP contribution >= 0.6 is 0 Å². The molecule has 1 aromatic heterocycles. The van der Waals surface area contributed by atoms with Crippen molar-refractivity contribution in [1.29, 1.82) is 0 Å². The summed E-state index contributed by atoms with van der Waals surface area (Å²) in [6.07, 6.45) is 0. The minimum Gasteiger partial charge on any atom is -0.451 e. The average molecular weight is 478 g/mol. The van der Waals surface area contributed by atoms with Crippen LogP contribution in [0.1, 0.15) is 37.6 Å². The molecule has 3 N–H and O–H groups in total. The molecule has 0 aliphatic heterocycles. The number of carbonyl (C=O) groups is 2. The minimum atomic E-state index is -3.85. The van der Waals surface area contributed by atoms with Gasteiger partial charge in [-0.3, -0.25) is 25.2 Å². The summed E-state index contributed by atoms with van der Waals surface area (Å²) >= 11 is 0. The zero-order chi connectivity index (χ0) is 24.5. The Morgan fingerprint density at radius 3 is 2.32 bits per heavy atom. The number of anilines is 1. The Bertz CT molecular complexity index is 1520. The lowest BCUT2D eigenvalue weighted by Crippen LogP contribution is -2.41. The molecular formula is C25H23N3O5S. The monoisotopic (exact) mass is 477 g/mol. The van der Waals surface area contributed by atoms with Crippen molar-refractivity contribution in [2.75, 3.05) is 4.72 Å². The topological polar surface area (TPSA) is 118 Å². The number of hydrogen-bond donors (Lipinski definition) is 3. The molecule has 0 atom stereocenters. The summed E-state index contributed by atoms with van der Waals surface area (Å²) in [7, 11) is -3.85. The fourth-order valence-corrected chi connectivity index (χ4v) is 4.94. The second-order valence-corrected chi connectivity index (χ2v) is 9.57. The highest BCUT2D eigenvalue weighted by Crippen LogP contribution is 2.25. The molecule has 2 amide bonds. The van der Waals surface area contributed by atoms with Crippen molar-refractivity contribution in [2.24, 2.45) is 0 Å². The van der Waals surface area contributed by atoms with Gasteiger partial charge in [-0.05, 0) is 62.2 Å². The van der Waals surface area contributed by atoms with Gasteiger partial charge in [0, 0.05) is 22.2 Å². The quantitative estimate of drug-likeness (QED) is 0.372. The van der Waals surface area contributed by atoms with E-state index in [0.717, 1.165) is 10.9 Å². The van der Waals surface area contributed by atoms with E-state index < -0.39 is 21.8 Å². The molecule has 0 fully saturated rings. The smallest absolute Gasteiger partial charge is 0.305 e. The van der Waals surface area contributed by atoms with Gasteiger partial charge in [-0.1, -0.05) is 36.4 Å². The average Bonchev–Trinajstić information content (AvgIpc) is 3.15. The Labute approximate surface area is 197 Å². The number of aryl methyl sites for hydroxylation is 3. The fraction of sp³-hybridized carbons (Fsp3) is 0.120. The van der Waals surface area contributed by atoms with Gasteiger partial charge in [-0.25, -0.2) is 8.42 Å². The zero-order valence-corrected chi connectivity index (χ0v) is 19.6. The van der Waals surface area contributed by atoms with Crippen LogP contribution in [0.4, 0.5) is 5.69 Å². The predicted octanol–water partition coefficient (Wildman–Crippen LogP) is 4.23. The number of hydrazine groups is 1. The molecule has 4 rings (SSSR count). The molecule has 8 nitrogen and oxygen atoms in total. The summed E-state index contributed by atoms with van der Waals surface area (Å²) in [5.41, 5.74) is 7.69. The van der Waals surface area contributed by atoms with Gasteiger partial charge >= 0.3 is 5.91 Å². The van der Waals surface area contributed by atoms with Crippen LogP contribution in [0.2, 0.25) is 0 Å². The van der Waals surface area contributed by atoms with Crippen molar-refractivity contribution < 1.29 is 22.4 Å². The van der Waals surface area contributed by atoms with Gasteiger partial charge < -0.3 is 4.42 Å². The van der Waals surface area contributed by atoms with E-state index in [-0.39, 0.29) is 21.9 Å². The van der Waals surface area contributed by atoms with Gasteiger partial charge in [0.05, 0.1) is 4.90 Å². The van der Waals surface area contributed by atoms with Gasteiger partial charge in [0.25, 0.3) is 15.9 Å². The maximum atomic E-state index is 12.9. The van der Waals surface area contributed by atoms with Gasteiger partial charge in [0.1, 0.15) is 5.58 Å². The van der Waals surface area contributed by atoms with Crippen LogP contribution in [0.3, 0.4) is 0 Å². The SMILES string of the molecule is Cc1ccc(C)c(S(=O)(=O)Nc2cccc(C(=O)NNC(=O)c3oc4ccccc4c3C)c2)c1. The molecule has 0 spiro atoms. The molecule has 0 saturated carbocycles. The molecule has 9 heteroatoms. The number of hydrogen-bond acceptors (Lipinski definition) is 5. The third kappa shape index (κ3) is 4.65. The van der Waals surface area contributed by atoms with Crippen molar-refractivity contribution in [3.63, 3.8) is 0 Å². The lowest BCUT2D eigenvalue weighted by molar-refractivity contribution is 0.0831. The van der Waals surface area contributed by atoms with Crippen LogP contribution in [0.15, 0.2) is 76.0 Å². The van der Waals surface area contributed by atoms with Crippen molar-refractivity contribution in [1.82, 2.24) is 10.9 Å². The molecule has 0 unspecified atom stereocenters. The highest BCUT2D eigenvalue weighted by atomic mass is 32.2. The summed E-state index contributed by atoms with van der Waals surface area (Å²) in [4.78, 5) is 25.3. The largest absolute Gasteiger partial charge is 0.451 e. The Hall–Kier alpha value is -4.11. The number of amides is 2. The van der Waals surface area contributed by atoms with Crippen LogP contribution < -0.4 is 15.6 Å². The lowest BCUT2D eigenvalue weighted by Gasteiger charge is -2.12. The summed E-state index contributed by atoms with van der Waals surface area (Å²) in [6.45, 7) is 5.28. The van der Waals surface area contributed by atoms with E-state index in [1.807, 2.05) is 25.1 Å². The molecule has 0 aliphatic carbocycles. The van der Waals surface area contributed by atoms with E-state index in [2.05, 4.69) is 15.6 Å². The molecule has 34 heavy (non-hydrogen) atoms. The number of nitrogens with one attached hydrogen (secondary N) is 3. The van der Waals surface area contributed by atoms with Crippen molar-refractivity contribution >= 4 is 38.5 Å². The maximum absolute atomic E-state index is 12.9. The number of sulfonamides is 1. The van der Waals surface area contributed by atoms with E-state index in [9.17, 15) is 18.0 Å². The normalized spacial score (nSPS) is 11.3. The molecule has 0 saturated heterocycles. The number of carbonyl (C=O) groups excluding carboxylic acids is 2. The third-order valence-electron chi connectivity index (χ3n) is 5.35. The van der Waals surface area contributed by atoms with E-state index >= 15 is 0 Å². The van der Waals surface area contributed by atoms with E-state index in [1.165, 1.54) is 18.2 Å². The number of rotatable bonds is 5. The first-order valence-electron chi connectivity index (χ1n) is 10.4. The molecule has 0 aliphatic rings. The van der Waals surface area contributed by atoms with Crippen molar-refractivity contribution in [3.8, 4) is 0 Å². The molecule has 1 heterocycles. The first kappa shape index (κ1) is 23.1. The minimum absolute atomic E-state index is 0.0940. The Kier molecular flexibility index (Phi) is 6.12. The number of para-hydroxylation sites is 1. The van der Waals surface area contributed by atoms with Gasteiger partial charge in [-0.2, -0.15) is 0 Å². The van der Waals surface area contributed by atoms with Crippen LogP contribution in [-0.2, 0) is 10.0 Å². The van der Waals surface area contributed by atoms with Crippen LogP contribution in [-0.4, -0.2) is 20.2 Å². The molecule has 4 aromatic rings. The molecule has 0 radical (unpaired) electrons. The summed E-state index contributed by atoms with van der Waals surface area (Å²) in [5, 5.41) is 0.808. The van der Waals surface area contributed by atoms with E-state index in [0.29, 0.717) is 16.7 Å². The molecule has 3 aromatic carbocycles. The first-order chi connectivity index (χ1) is 16.2. The number of furan rings is 1. The van der Waals surface area contributed by atoms with Crippen LogP contribution in [0.25, 0.3) is 11.0 Å². The summed E-state index contributed by atoms with van der Waals surface area (Å²) in [5.74, 6) is -1.12. The van der Waals surface area contributed by atoms with Crippen LogP contribution in [0, 0.1) is 20.8 Å². The Balaban J connectivity index is 1.47. The van der Waals surface area contributed by atoms with Gasteiger partial charge in [0.15, 0.2) is 5.76 Å². The summed E-state index contributed by atoms with van der Waals surface area (Å²) in [6, 6.07) is 18.4.